The third-order valence-electron chi connectivity index (χ3n) is 2.84. The van der Waals surface area contributed by atoms with Gasteiger partial charge in [0.05, 0.1) is 5.02 Å². The monoisotopic (exact) mass is 292 g/mol. The lowest BCUT2D eigenvalue weighted by Gasteiger charge is -2.01. The Labute approximate surface area is 120 Å². The topological polar surface area (TPSA) is 17.1 Å². The molecule has 0 heterocycles. The quantitative estimate of drug-likeness (QED) is 0.585. The zero-order valence-electron chi connectivity index (χ0n) is 10.7. The molecule has 0 bridgehead atoms. The zero-order valence-corrected chi connectivity index (χ0v) is 11.4. The van der Waals surface area contributed by atoms with Crippen molar-refractivity contribution in [2.75, 3.05) is 0 Å². The second kappa shape index (κ2) is 5.97. The first kappa shape index (κ1) is 14.4. The van der Waals surface area contributed by atoms with E-state index in [1.54, 1.807) is 6.92 Å². The standard InChI is InChI=1S/C16H11ClF2O/c1-10-9-11(5-7-14(10)18)16(20)8-6-12-13(17)3-2-4-15(12)19/h2-9H,1H3/b8-6+. The van der Waals surface area contributed by atoms with Crippen molar-refractivity contribution in [1.29, 1.82) is 0 Å². The van der Waals surface area contributed by atoms with Crippen LogP contribution in [-0.4, -0.2) is 5.78 Å². The van der Waals surface area contributed by atoms with Crippen molar-refractivity contribution in [2.24, 2.45) is 0 Å². The first-order valence-electron chi connectivity index (χ1n) is 5.91. The van der Waals surface area contributed by atoms with E-state index in [0.717, 1.165) is 0 Å². The third-order valence-corrected chi connectivity index (χ3v) is 3.17. The predicted molar refractivity (Wildman–Crippen MR) is 75.9 cm³/mol. The molecule has 0 aromatic heterocycles. The van der Waals surface area contributed by atoms with Gasteiger partial charge < -0.3 is 0 Å². The van der Waals surface area contributed by atoms with Crippen molar-refractivity contribution >= 4 is 23.5 Å². The van der Waals surface area contributed by atoms with Gasteiger partial charge in [0.15, 0.2) is 5.78 Å². The minimum absolute atomic E-state index is 0.154. The molecule has 2 aromatic carbocycles. The van der Waals surface area contributed by atoms with Crippen LogP contribution < -0.4 is 0 Å². The summed E-state index contributed by atoms with van der Waals surface area (Å²) >= 11 is 5.85. The predicted octanol–water partition coefficient (Wildman–Crippen LogP) is 4.82. The summed E-state index contributed by atoms with van der Waals surface area (Å²) in [5.74, 6) is -1.22. The lowest BCUT2D eigenvalue weighted by Crippen LogP contribution is -1.96. The fourth-order valence-electron chi connectivity index (χ4n) is 1.72. The van der Waals surface area contributed by atoms with E-state index in [0.29, 0.717) is 11.1 Å². The molecule has 0 radical (unpaired) electrons. The number of allylic oxidation sites excluding steroid dienone is 1. The fraction of sp³-hybridized carbons (Fsp3) is 0.0625. The summed E-state index contributed by atoms with van der Waals surface area (Å²) in [5, 5.41) is 0.226. The second-order valence-corrected chi connectivity index (χ2v) is 4.70. The number of ketones is 1. The van der Waals surface area contributed by atoms with Crippen molar-refractivity contribution in [3.63, 3.8) is 0 Å². The molecule has 0 aliphatic carbocycles. The zero-order chi connectivity index (χ0) is 14.7. The Balaban J connectivity index is 2.27. The number of aryl methyl sites for hydroxylation is 1. The van der Waals surface area contributed by atoms with Gasteiger partial charge in [-0.2, -0.15) is 0 Å². The maximum absolute atomic E-state index is 13.5. The van der Waals surface area contributed by atoms with E-state index in [1.807, 2.05) is 0 Å². The first-order valence-corrected chi connectivity index (χ1v) is 6.29. The molecule has 0 unspecified atom stereocenters. The van der Waals surface area contributed by atoms with Crippen LogP contribution in [0.4, 0.5) is 8.78 Å². The summed E-state index contributed by atoms with van der Waals surface area (Å²) in [6, 6.07) is 8.35. The van der Waals surface area contributed by atoms with Crippen molar-refractivity contribution in [1.82, 2.24) is 0 Å². The molecule has 20 heavy (non-hydrogen) atoms. The lowest BCUT2D eigenvalue weighted by atomic mass is 10.1. The second-order valence-electron chi connectivity index (χ2n) is 4.30. The van der Waals surface area contributed by atoms with Gasteiger partial charge in [-0.3, -0.25) is 4.79 Å². The van der Waals surface area contributed by atoms with Crippen LogP contribution in [0.15, 0.2) is 42.5 Å². The lowest BCUT2D eigenvalue weighted by molar-refractivity contribution is 0.104. The SMILES string of the molecule is Cc1cc(C(=O)/C=C/c2c(F)cccc2Cl)ccc1F. The molecule has 102 valence electrons. The van der Waals surface area contributed by atoms with Crippen molar-refractivity contribution in [3.8, 4) is 0 Å². The number of carbonyl (C=O) groups excluding carboxylic acids is 1. The Morgan fingerprint density at radius 3 is 2.55 bits per heavy atom. The number of hydrogen-bond donors (Lipinski definition) is 0. The van der Waals surface area contributed by atoms with Crippen LogP contribution in [0.5, 0.6) is 0 Å². The van der Waals surface area contributed by atoms with Crippen LogP contribution in [0.3, 0.4) is 0 Å². The highest BCUT2D eigenvalue weighted by atomic mass is 35.5. The number of benzene rings is 2. The molecule has 0 aliphatic heterocycles. The minimum Gasteiger partial charge on any atom is -0.289 e. The number of halogens is 3. The Kier molecular flexibility index (Phi) is 4.30. The van der Waals surface area contributed by atoms with E-state index in [1.165, 1.54) is 48.6 Å². The van der Waals surface area contributed by atoms with Crippen LogP contribution in [0.2, 0.25) is 5.02 Å². The minimum atomic E-state index is -0.503. The molecule has 0 N–H and O–H groups in total. The van der Waals surface area contributed by atoms with Crippen molar-refractivity contribution in [2.45, 2.75) is 6.92 Å². The molecule has 0 atom stereocenters. The number of hydrogen-bond acceptors (Lipinski definition) is 1. The van der Waals surface area contributed by atoms with Gasteiger partial charge >= 0.3 is 0 Å². The van der Waals surface area contributed by atoms with Gasteiger partial charge in [-0.25, -0.2) is 8.78 Å². The van der Waals surface area contributed by atoms with Crippen LogP contribution >= 0.6 is 11.6 Å². The Morgan fingerprint density at radius 1 is 1.15 bits per heavy atom. The average Bonchev–Trinajstić information content (AvgIpc) is 2.41. The number of carbonyl (C=O) groups is 1. The van der Waals surface area contributed by atoms with Gasteiger partial charge in [-0.15, -0.1) is 0 Å². The van der Waals surface area contributed by atoms with Gasteiger partial charge in [0.2, 0.25) is 0 Å². The summed E-state index contributed by atoms with van der Waals surface area (Å²) in [5.41, 5.74) is 0.877. The van der Waals surface area contributed by atoms with E-state index >= 15 is 0 Å². The Bertz CT molecular complexity index is 673. The van der Waals surface area contributed by atoms with Crippen molar-refractivity contribution in [3.05, 3.63) is 75.8 Å². The third kappa shape index (κ3) is 3.11. The molecular formula is C16H11ClF2O. The van der Waals surface area contributed by atoms with Gasteiger partial charge in [0.1, 0.15) is 11.6 Å². The molecule has 0 saturated heterocycles. The first-order chi connectivity index (χ1) is 9.49. The highest BCUT2D eigenvalue weighted by Gasteiger charge is 2.07. The summed E-state index contributed by atoms with van der Waals surface area (Å²) in [6.07, 6.45) is 2.54. The summed E-state index contributed by atoms with van der Waals surface area (Å²) in [6.45, 7) is 1.57. The van der Waals surface area contributed by atoms with Gasteiger partial charge in [-0.05, 0) is 55.0 Å². The molecule has 0 aliphatic rings. The molecule has 0 saturated carbocycles. The molecule has 4 heteroatoms. The molecule has 0 amide bonds. The summed E-state index contributed by atoms with van der Waals surface area (Å²) < 4.78 is 26.6. The fourth-order valence-corrected chi connectivity index (χ4v) is 1.95. The van der Waals surface area contributed by atoms with E-state index in [-0.39, 0.29) is 22.2 Å². The molecule has 1 nitrogen and oxygen atoms in total. The van der Waals surface area contributed by atoms with Gasteiger partial charge in [-0.1, -0.05) is 17.7 Å². The van der Waals surface area contributed by atoms with Crippen molar-refractivity contribution < 1.29 is 13.6 Å². The van der Waals surface area contributed by atoms with Crippen LogP contribution in [0.25, 0.3) is 6.08 Å². The summed E-state index contributed by atoms with van der Waals surface area (Å²) in [4.78, 5) is 11.9. The highest BCUT2D eigenvalue weighted by molar-refractivity contribution is 6.32. The highest BCUT2D eigenvalue weighted by Crippen LogP contribution is 2.20. The van der Waals surface area contributed by atoms with E-state index in [9.17, 15) is 13.6 Å². The molecule has 2 rings (SSSR count). The Morgan fingerprint density at radius 2 is 1.90 bits per heavy atom. The van der Waals surface area contributed by atoms with Crippen LogP contribution in [-0.2, 0) is 0 Å². The molecule has 0 fully saturated rings. The average molecular weight is 293 g/mol. The normalized spacial score (nSPS) is 11.0. The maximum Gasteiger partial charge on any atom is 0.185 e. The van der Waals surface area contributed by atoms with Crippen LogP contribution in [0.1, 0.15) is 21.5 Å². The van der Waals surface area contributed by atoms with E-state index in [4.69, 9.17) is 11.6 Å². The van der Waals surface area contributed by atoms with E-state index < -0.39 is 5.82 Å². The smallest absolute Gasteiger partial charge is 0.185 e. The Hall–Kier alpha value is -2.00. The van der Waals surface area contributed by atoms with E-state index in [2.05, 4.69) is 0 Å². The number of rotatable bonds is 3. The van der Waals surface area contributed by atoms with Gasteiger partial charge in [0, 0.05) is 11.1 Å². The molecular weight excluding hydrogens is 282 g/mol. The maximum atomic E-state index is 13.5. The van der Waals surface area contributed by atoms with Crippen LogP contribution in [0, 0.1) is 18.6 Å². The summed E-state index contributed by atoms with van der Waals surface area (Å²) in [7, 11) is 0. The largest absolute Gasteiger partial charge is 0.289 e. The van der Waals surface area contributed by atoms with Gasteiger partial charge in [0.25, 0.3) is 0 Å². The molecule has 2 aromatic rings. The molecule has 0 spiro atoms.